The van der Waals surface area contributed by atoms with Gasteiger partial charge in [0.15, 0.2) is 0 Å². The molecule has 0 aliphatic heterocycles. The fourth-order valence-electron chi connectivity index (χ4n) is 2.22. The Morgan fingerprint density at radius 1 is 1.13 bits per heavy atom. The van der Waals surface area contributed by atoms with Crippen molar-refractivity contribution in [1.82, 2.24) is 0 Å². The number of rotatable bonds is 4. The summed E-state index contributed by atoms with van der Waals surface area (Å²) >= 11 is 1.39. The van der Waals surface area contributed by atoms with Crippen LogP contribution in [0.15, 0.2) is 18.2 Å². The third kappa shape index (κ3) is 3.62. The molecule has 23 heavy (non-hydrogen) atoms. The molecule has 4 nitrogen and oxygen atoms in total. The van der Waals surface area contributed by atoms with E-state index in [2.05, 4.69) is 5.32 Å². The Bertz CT molecular complexity index is 762. The standard InChI is InChI=1S/C18H21NO3S/c1-6-22-18(21)15-12(4)13(5)23-17(15)19-16(20)14-8-7-10(2)11(3)9-14/h7-9H,6H2,1-5H3,(H,19,20). The summed E-state index contributed by atoms with van der Waals surface area (Å²) in [6.45, 7) is 9.83. The molecule has 5 heteroatoms. The quantitative estimate of drug-likeness (QED) is 0.844. The van der Waals surface area contributed by atoms with Gasteiger partial charge < -0.3 is 10.1 Å². The second-order valence-corrected chi connectivity index (χ2v) is 6.69. The van der Waals surface area contributed by atoms with E-state index in [0.717, 1.165) is 21.6 Å². The normalized spacial score (nSPS) is 10.5. The van der Waals surface area contributed by atoms with Gasteiger partial charge in [0, 0.05) is 10.4 Å². The van der Waals surface area contributed by atoms with E-state index < -0.39 is 5.97 Å². The minimum absolute atomic E-state index is 0.222. The molecular formula is C18H21NO3S. The average Bonchev–Trinajstić information content (AvgIpc) is 2.76. The first-order valence-electron chi connectivity index (χ1n) is 7.50. The monoisotopic (exact) mass is 331 g/mol. The van der Waals surface area contributed by atoms with Gasteiger partial charge in [0.05, 0.1) is 12.2 Å². The summed E-state index contributed by atoms with van der Waals surface area (Å²) in [5, 5.41) is 3.40. The third-order valence-electron chi connectivity index (χ3n) is 3.86. The summed E-state index contributed by atoms with van der Waals surface area (Å²) < 4.78 is 5.10. The van der Waals surface area contributed by atoms with Crippen LogP contribution >= 0.6 is 11.3 Å². The van der Waals surface area contributed by atoms with Crippen LogP contribution in [0, 0.1) is 27.7 Å². The average molecular weight is 331 g/mol. The van der Waals surface area contributed by atoms with Crippen molar-refractivity contribution < 1.29 is 14.3 Å². The van der Waals surface area contributed by atoms with Crippen molar-refractivity contribution in [3.05, 3.63) is 50.9 Å². The van der Waals surface area contributed by atoms with Crippen LogP contribution in [0.5, 0.6) is 0 Å². The van der Waals surface area contributed by atoms with Gasteiger partial charge >= 0.3 is 5.97 Å². The first-order valence-corrected chi connectivity index (χ1v) is 8.32. The molecule has 1 aromatic carbocycles. The van der Waals surface area contributed by atoms with Crippen molar-refractivity contribution in [2.24, 2.45) is 0 Å². The minimum atomic E-state index is -0.398. The number of hydrogen-bond donors (Lipinski definition) is 1. The van der Waals surface area contributed by atoms with Crippen molar-refractivity contribution in [2.45, 2.75) is 34.6 Å². The summed E-state index contributed by atoms with van der Waals surface area (Å²) in [6, 6.07) is 5.55. The highest BCUT2D eigenvalue weighted by molar-refractivity contribution is 7.16. The maximum absolute atomic E-state index is 12.5. The lowest BCUT2D eigenvalue weighted by molar-refractivity contribution is 0.0527. The smallest absolute Gasteiger partial charge is 0.341 e. The van der Waals surface area contributed by atoms with E-state index in [1.165, 1.54) is 11.3 Å². The highest BCUT2D eigenvalue weighted by atomic mass is 32.1. The minimum Gasteiger partial charge on any atom is -0.462 e. The van der Waals surface area contributed by atoms with Gasteiger partial charge in [-0.15, -0.1) is 11.3 Å². The number of amides is 1. The molecule has 2 aromatic rings. The molecule has 122 valence electrons. The number of anilines is 1. The van der Waals surface area contributed by atoms with Gasteiger partial charge in [-0.1, -0.05) is 6.07 Å². The maximum Gasteiger partial charge on any atom is 0.341 e. The molecular weight excluding hydrogens is 310 g/mol. The van der Waals surface area contributed by atoms with Gasteiger partial charge in [-0.2, -0.15) is 0 Å². The summed E-state index contributed by atoms with van der Waals surface area (Å²) in [5.41, 5.74) is 4.07. The van der Waals surface area contributed by atoms with E-state index in [4.69, 9.17) is 4.74 Å². The van der Waals surface area contributed by atoms with Gasteiger partial charge in [0.2, 0.25) is 0 Å². The molecule has 0 unspecified atom stereocenters. The fourth-order valence-corrected chi connectivity index (χ4v) is 3.27. The second kappa shape index (κ2) is 6.96. The Hall–Kier alpha value is -2.14. The van der Waals surface area contributed by atoms with Crippen LogP contribution in [-0.2, 0) is 4.74 Å². The van der Waals surface area contributed by atoms with Gasteiger partial charge in [-0.05, 0) is 63.4 Å². The van der Waals surface area contributed by atoms with Crippen LogP contribution in [0.3, 0.4) is 0 Å². The number of ether oxygens (including phenoxy) is 1. The molecule has 0 saturated heterocycles. The number of aryl methyl sites for hydroxylation is 3. The zero-order chi connectivity index (χ0) is 17.1. The SMILES string of the molecule is CCOC(=O)c1c(NC(=O)c2ccc(C)c(C)c2)sc(C)c1C. The highest BCUT2D eigenvalue weighted by Gasteiger charge is 2.22. The van der Waals surface area contributed by atoms with Crippen LogP contribution < -0.4 is 5.32 Å². The Kier molecular flexibility index (Phi) is 5.21. The lowest BCUT2D eigenvalue weighted by Gasteiger charge is -2.08. The van der Waals surface area contributed by atoms with Crippen molar-refractivity contribution in [3.8, 4) is 0 Å². The zero-order valence-electron chi connectivity index (χ0n) is 14.1. The summed E-state index contributed by atoms with van der Waals surface area (Å²) in [4.78, 5) is 25.6. The lowest BCUT2D eigenvalue weighted by atomic mass is 10.1. The molecule has 0 radical (unpaired) electrons. The van der Waals surface area contributed by atoms with Crippen molar-refractivity contribution >= 4 is 28.2 Å². The molecule has 0 atom stereocenters. The van der Waals surface area contributed by atoms with Gasteiger partial charge in [0.1, 0.15) is 5.00 Å². The summed E-state index contributed by atoms with van der Waals surface area (Å²) in [6.07, 6.45) is 0. The first kappa shape index (κ1) is 17.2. The van der Waals surface area contributed by atoms with Crippen molar-refractivity contribution in [1.29, 1.82) is 0 Å². The largest absolute Gasteiger partial charge is 0.462 e. The molecule has 0 bridgehead atoms. The van der Waals surface area contributed by atoms with Crippen LogP contribution in [-0.4, -0.2) is 18.5 Å². The molecule has 1 amide bonds. The molecule has 0 aliphatic carbocycles. The number of esters is 1. The van der Waals surface area contributed by atoms with E-state index in [9.17, 15) is 9.59 Å². The fraction of sp³-hybridized carbons (Fsp3) is 0.333. The van der Waals surface area contributed by atoms with Crippen molar-refractivity contribution in [2.75, 3.05) is 11.9 Å². The number of carbonyl (C=O) groups is 2. The maximum atomic E-state index is 12.5. The molecule has 1 heterocycles. The summed E-state index contributed by atoms with van der Waals surface area (Å²) in [5.74, 6) is -0.621. The van der Waals surface area contributed by atoms with Crippen LogP contribution in [0.1, 0.15) is 49.2 Å². The Labute approximate surface area is 140 Å². The summed E-state index contributed by atoms with van der Waals surface area (Å²) in [7, 11) is 0. The topological polar surface area (TPSA) is 55.4 Å². The Morgan fingerprint density at radius 3 is 2.43 bits per heavy atom. The van der Waals surface area contributed by atoms with E-state index in [0.29, 0.717) is 22.7 Å². The van der Waals surface area contributed by atoms with E-state index in [1.54, 1.807) is 13.0 Å². The number of nitrogens with one attached hydrogen (secondary N) is 1. The van der Waals surface area contributed by atoms with Crippen LogP contribution in [0.25, 0.3) is 0 Å². The van der Waals surface area contributed by atoms with Crippen molar-refractivity contribution in [3.63, 3.8) is 0 Å². The second-order valence-electron chi connectivity index (χ2n) is 5.46. The Morgan fingerprint density at radius 2 is 1.83 bits per heavy atom. The highest BCUT2D eigenvalue weighted by Crippen LogP contribution is 2.33. The zero-order valence-corrected chi connectivity index (χ0v) is 14.9. The molecule has 1 N–H and O–H groups in total. The third-order valence-corrected chi connectivity index (χ3v) is 4.98. The molecule has 0 aliphatic rings. The first-order chi connectivity index (χ1) is 10.8. The number of thiophene rings is 1. The number of carbonyl (C=O) groups excluding carboxylic acids is 2. The number of hydrogen-bond acceptors (Lipinski definition) is 4. The predicted molar refractivity (Wildman–Crippen MR) is 93.6 cm³/mol. The van der Waals surface area contributed by atoms with Crippen LogP contribution in [0.4, 0.5) is 5.00 Å². The predicted octanol–water partition coefficient (Wildman–Crippen LogP) is 4.41. The molecule has 0 saturated carbocycles. The van der Waals surface area contributed by atoms with Gasteiger partial charge in [0.25, 0.3) is 5.91 Å². The van der Waals surface area contributed by atoms with Crippen LogP contribution in [0.2, 0.25) is 0 Å². The van der Waals surface area contributed by atoms with E-state index in [1.807, 2.05) is 39.8 Å². The van der Waals surface area contributed by atoms with Gasteiger partial charge in [-0.25, -0.2) is 4.79 Å². The molecule has 0 spiro atoms. The number of benzene rings is 1. The van der Waals surface area contributed by atoms with E-state index in [-0.39, 0.29) is 5.91 Å². The Balaban J connectivity index is 2.32. The van der Waals surface area contributed by atoms with Gasteiger partial charge in [-0.3, -0.25) is 4.79 Å². The lowest BCUT2D eigenvalue weighted by Crippen LogP contribution is -2.15. The molecule has 2 rings (SSSR count). The van der Waals surface area contributed by atoms with E-state index >= 15 is 0 Å². The molecule has 1 aromatic heterocycles. The molecule has 0 fully saturated rings.